The normalized spacial score (nSPS) is 10.9. The number of aromatic nitrogens is 3. The summed E-state index contributed by atoms with van der Waals surface area (Å²) in [6, 6.07) is 5.64. The van der Waals surface area contributed by atoms with Gasteiger partial charge in [0.15, 0.2) is 5.82 Å². The summed E-state index contributed by atoms with van der Waals surface area (Å²) in [5, 5.41) is 5.89. The molecule has 0 spiro atoms. The highest BCUT2D eigenvalue weighted by Gasteiger charge is 2.11. The summed E-state index contributed by atoms with van der Waals surface area (Å²) in [4.78, 5) is 14.4. The summed E-state index contributed by atoms with van der Waals surface area (Å²) >= 11 is 7.65. The Morgan fingerprint density at radius 1 is 1.30 bits per heavy atom. The van der Waals surface area contributed by atoms with E-state index < -0.39 is 0 Å². The molecule has 0 atom stereocenters. The second-order valence-corrected chi connectivity index (χ2v) is 6.00. The van der Waals surface area contributed by atoms with Crippen molar-refractivity contribution in [2.75, 3.05) is 11.9 Å². The fourth-order valence-corrected chi connectivity index (χ4v) is 2.86. The van der Waals surface area contributed by atoms with E-state index in [1.807, 2.05) is 38.2 Å². The number of fused-ring (bicyclic) bond motifs is 1. The van der Waals surface area contributed by atoms with Gasteiger partial charge in [-0.3, -0.25) is 0 Å². The lowest BCUT2D eigenvalue weighted by Crippen LogP contribution is -2.02. The van der Waals surface area contributed by atoms with Crippen molar-refractivity contribution >= 4 is 39.7 Å². The average Bonchev–Trinajstić information content (AvgIpc) is 2.86. The monoisotopic (exact) mass is 304 g/mol. The molecular formula is C14H13ClN4S. The molecule has 0 bridgehead atoms. The lowest BCUT2D eigenvalue weighted by Gasteiger charge is -2.08. The van der Waals surface area contributed by atoms with E-state index in [4.69, 9.17) is 11.6 Å². The molecule has 2 aromatic heterocycles. The highest BCUT2D eigenvalue weighted by molar-refractivity contribution is 7.14. The predicted molar refractivity (Wildman–Crippen MR) is 84.6 cm³/mol. The van der Waals surface area contributed by atoms with Gasteiger partial charge in [0, 0.05) is 23.2 Å². The SMILES string of the molecule is CCNc1nc(-c2cnc(C)s2)nc2ccc(Cl)cc12. The van der Waals surface area contributed by atoms with E-state index in [2.05, 4.69) is 20.3 Å². The molecule has 0 aliphatic rings. The first-order valence-corrected chi connectivity index (χ1v) is 7.51. The number of nitrogens with zero attached hydrogens (tertiary/aromatic N) is 3. The van der Waals surface area contributed by atoms with Crippen LogP contribution in [0, 0.1) is 6.92 Å². The third-order valence-corrected chi connectivity index (χ3v) is 3.99. The van der Waals surface area contributed by atoms with Gasteiger partial charge in [-0.05, 0) is 32.0 Å². The van der Waals surface area contributed by atoms with Crippen LogP contribution in [0.2, 0.25) is 5.02 Å². The minimum Gasteiger partial charge on any atom is -0.370 e. The Balaban J connectivity index is 2.22. The molecule has 0 saturated heterocycles. The van der Waals surface area contributed by atoms with Crippen LogP contribution in [0.3, 0.4) is 0 Å². The zero-order valence-electron chi connectivity index (χ0n) is 11.1. The van der Waals surface area contributed by atoms with Crippen LogP contribution in [0.4, 0.5) is 5.82 Å². The summed E-state index contributed by atoms with van der Waals surface area (Å²) in [6.07, 6.45) is 1.81. The van der Waals surface area contributed by atoms with Gasteiger partial charge < -0.3 is 5.32 Å². The van der Waals surface area contributed by atoms with E-state index in [9.17, 15) is 0 Å². The lowest BCUT2D eigenvalue weighted by molar-refractivity contribution is 1.15. The Labute approximate surface area is 125 Å². The Kier molecular flexibility index (Phi) is 3.54. The van der Waals surface area contributed by atoms with Gasteiger partial charge in [-0.1, -0.05) is 11.6 Å². The van der Waals surface area contributed by atoms with Crippen LogP contribution in [0.5, 0.6) is 0 Å². The maximum absolute atomic E-state index is 6.06. The lowest BCUT2D eigenvalue weighted by atomic mass is 10.2. The number of rotatable bonds is 3. The predicted octanol–water partition coefficient (Wildman–Crippen LogP) is 4.15. The number of anilines is 1. The molecule has 20 heavy (non-hydrogen) atoms. The van der Waals surface area contributed by atoms with Crippen molar-refractivity contribution in [3.05, 3.63) is 34.4 Å². The molecule has 102 valence electrons. The van der Waals surface area contributed by atoms with Crippen LogP contribution in [0.15, 0.2) is 24.4 Å². The van der Waals surface area contributed by atoms with Crippen molar-refractivity contribution in [1.29, 1.82) is 0 Å². The van der Waals surface area contributed by atoms with Crippen molar-refractivity contribution < 1.29 is 0 Å². The highest BCUT2D eigenvalue weighted by atomic mass is 35.5. The first-order chi connectivity index (χ1) is 9.67. The number of nitrogens with one attached hydrogen (secondary N) is 1. The first kappa shape index (κ1) is 13.3. The summed E-state index contributed by atoms with van der Waals surface area (Å²) in [6.45, 7) is 4.80. The Hall–Kier alpha value is -1.72. The van der Waals surface area contributed by atoms with Crippen LogP contribution in [0.1, 0.15) is 11.9 Å². The van der Waals surface area contributed by atoms with Crippen molar-refractivity contribution in [2.24, 2.45) is 0 Å². The number of hydrogen-bond acceptors (Lipinski definition) is 5. The molecule has 2 heterocycles. The van der Waals surface area contributed by atoms with E-state index in [1.165, 1.54) is 0 Å². The third kappa shape index (κ3) is 2.46. The molecular weight excluding hydrogens is 292 g/mol. The maximum Gasteiger partial charge on any atom is 0.173 e. The quantitative estimate of drug-likeness (QED) is 0.790. The second kappa shape index (κ2) is 5.34. The van der Waals surface area contributed by atoms with Crippen LogP contribution in [-0.2, 0) is 0 Å². The van der Waals surface area contributed by atoms with Gasteiger partial charge in [0.2, 0.25) is 0 Å². The van der Waals surface area contributed by atoms with Gasteiger partial charge in [0.25, 0.3) is 0 Å². The largest absolute Gasteiger partial charge is 0.370 e. The molecule has 0 radical (unpaired) electrons. The van der Waals surface area contributed by atoms with E-state index in [-0.39, 0.29) is 0 Å². The number of thiazole rings is 1. The molecule has 0 saturated carbocycles. The third-order valence-electron chi connectivity index (χ3n) is 2.84. The van der Waals surface area contributed by atoms with E-state index in [0.29, 0.717) is 10.8 Å². The van der Waals surface area contributed by atoms with E-state index >= 15 is 0 Å². The van der Waals surface area contributed by atoms with Crippen molar-refractivity contribution in [1.82, 2.24) is 15.0 Å². The number of benzene rings is 1. The molecule has 3 rings (SSSR count). The molecule has 4 nitrogen and oxygen atoms in total. The molecule has 0 fully saturated rings. The van der Waals surface area contributed by atoms with E-state index in [1.54, 1.807) is 11.3 Å². The second-order valence-electron chi connectivity index (χ2n) is 4.33. The average molecular weight is 305 g/mol. The molecule has 0 aliphatic heterocycles. The first-order valence-electron chi connectivity index (χ1n) is 6.31. The van der Waals surface area contributed by atoms with Gasteiger partial charge in [-0.2, -0.15) is 0 Å². The minimum atomic E-state index is 0.682. The maximum atomic E-state index is 6.06. The Morgan fingerprint density at radius 3 is 2.85 bits per heavy atom. The summed E-state index contributed by atoms with van der Waals surface area (Å²) in [5.41, 5.74) is 0.876. The Morgan fingerprint density at radius 2 is 2.15 bits per heavy atom. The van der Waals surface area contributed by atoms with Gasteiger partial charge >= 0.3 is 0 Å². The highest BCUT2D eigenvalue weighted by Crippen LogP contribution is 2.29. The van der Waals surface area contributed by atoms with Gasteiger partial charge in [0.05, 0.1) is 15.4 Å². The molecule has 3 aromatic rings. The standard InChI is InChI=1S/C14H13ClN4S/c1-3-16-13-10-6-9(15)4-5-11(10)18-14(19-13)12-7-17-8(2)20-12/h4-7H,3H2,1-2H3,(H,16,18,19). The molecule has 6 heteroatoms. The van der Waals surface area contributed by atoms with Gasteiger partial charge in [-0.15, -0.1) is 11.3 Å². The smallest absolute Gasteiger partial charge is 0.173 e. The molecule has 1 N–H and O–H groups in total. The fourth-order valence-electron chi connectivity index (χ4n) is 1.98. The van der Waals surface area contributed by atoms with Crippen LogP contribution in [0.25, 0.3) is 21.6 Å². The zero-order chi connectivity index (χ0) is 14.1. The van der Waals surface area contributed by atoms with Gasteiger partial charge in [0.1, 0.15) is 5.82 Å². The topological polar surface area (TPSA) is 50.7 Å². The number of hydrogen-bond donors (Lipinski definition) is 1. The van der Waals surface area contributed by atoms with Crippen molar-refractivity contribution in [2.45, 2.75) is 13.8 Å². The summed E-state index contributed by atoms with van der Waals surface area (Å²) in [5.74, 6) is 1.50. The number of aryl methyl sites for hydroxylation is 1. The molecule has 0 amide bonds. The minimum absolute atomic E-state index is 0.682. The summed E-state index contributed by atoms with van der Waals surface area (Å²) in [7, 11) is 0. The molecule has 1 aromatic carbocycles. The van der Waals surface area contributed by atoms with Crippen molar-refractivity contribution in [3.8, 4) is 10.7 Å². The van der Waals surface area contributed by atoms with Crippen LogP contribution in [-0.4, -0.2) is 21.5 Å². The van der Waals surface area contributed by atoms with Crippen LogP contribution >= 0.6 is 22.9 Å². The van der Waals surface area contributed by atoms with Gasteiger partial charge in [-0.25, -0.2) is 15.0 Å². The number of halogens is 1. The molecule has 0 aliphatic carbocycles. The zero-order valence-corrected chi connectivity index (χ0v) is 12.7. The van der Waals surface area contributed by atoms with E-state index in [0.717, 1.165) is 33.2 Å². The van der Waals surface area contributed by atoms with Crippen LogP contribution < -0.4 is 5.32 Å². The summed E-state index contributed by atoms with van der Waals surface area (Å²) < 4.78 is 0. The Bertz CT molecular complexity index is 769. The fraction of sp³-hybridized carbons (Fsp3) is 0.214. The van der Waals surface area contributed by atoms with Crippen molar-refractivity contribution in [3.63, 3.8) is 0 Å². The molecule has 0 unspecified atom stereocenters.